The molecule has 4 atom stereocenters. The van der Waals surface area contributed by atoms with Gasteiger partial charge in [-0.15, -0.1) is 0 Å². The molecule has 2 aliphatic heterocycles. The molecule has 2 bridgehead atoms. The summed E-state index contributed by atoms with van der Waals surface area (Å²) < 4.78 is 5.91. The summed E-state index contributed by atoms with van der Waals surface area (Å²) in [5, 5.41) is 9.92. The minimum absolute atomic E-state index is 0.256. The van der Waals surface area contributed by atoms with Gasteiger partial charge in [0.05, 0.1) is 12.2 Å². The number of rotatable bonds is 2. The van der Waals surface area contributed by atoms with Crippen LogP contribution in [0.25, 0.3) is 0 Å². The molecule has 4 unspecified atom stereocenters. The zero-order valence-electron chi connectivity index (χ0n) is 9.17. The normalized spacial score (nSPS) is 36.8. The molecule has 0 saturated carbocycles. The third kappa shape index (κ3) is 1.35. The smallest absolute Gasteiger partial charge is 0.119 e. The Balaban J connectivity index is 1.97. The third-order valence-electron chi connectivity index (χ3n) is 3.99. The number of phenolic OH excluding ortho intramolecular Hbond substituents is 1. The summed E-state index contributed by atoms with van der Waals surface area (Å²) in [5.41, 5.74) is 6.84. The Morgan fingerprint density at radius 2 is 2.00 bits per heavy atom. The van der Waals surface area contributed by atoms with Gasteiger partial charge in [-0.05, 0) is 31.0 Å². The van der Waals surface area contributed by atoms with E-state index in [9.17, 15) is 5.11 Å². The summed E-state index contributed by atoms with van der Waals surface area (Å²) in [6, 6.07) is 7.56. The number of hydrogen-bond donors (Lipinski definition) is 2. The summed E-state index contributed by atoms with van der Waals surface area (Å²) in [5.74, 6) is 1.03. The van der Waals surface area contributed by atoms with Crippen LogP contribution in [0.3, 0.4) is 0 Å². The molecule has 1 aromatic carbocycles. The van der Waals surface area contributed by atoms with Gasteiger partial charge in [0.2, 0.25) is 0 Å². The van der Waals surface area contributed by atoms with Crippen molar-refractivity contribution < 1.29 is 9.84 Å². The molecule has 1 aromatic rings. The van der Waals surface area contributed by atoms with Gasteiger partial charge >= 0.3 is 0 Å². The molecule has 0 aromatic heterocycles. The van der Waals surface area contributed by atoms with Gasteiger partial charge in [-0.25, -0.2) is 0 Å². The molecule has 3 rings (SSSR count). The highest BCUT2D eigenvalue weighted by atomic mass is 16.5. The monoisotopic (exact) mass is 219 g/mol. The summed E-state index contributed by atoms with van der Waals surface area (Å²) in [6.45, 7) is 0.639. The minimum Gasteiger partial charge on any atom is -0.508 e. The van der Waals surface area contributed by atoms with Crippen LogP contribution in [0.5, 0.6) is 5.75 Å². The molecule has 86 valence electrons. The van der Waals surface area contributed by atoms with E-state index in [1.54, 1.807) is 6.07 Å². The maximum Gasteiger partial charge on any atom is 0.119 e. The van der Waals surface area contributed by atoms with Crippen LogP contribution in [0, 0.1) is 5.92 Å². The van der Waals surface area contributed by atoms with Crippen molar-refractivity contribution in [2.75, 3.05) is 6.54 Å². The number of hydrogen-bond acceptors (Lipinski definition) is 3. The Hall–Kier alpha value is -1.06. The highest BCUT2D eigenvalue weighted by Crippen LogP contribution is 2.49. The van der Waals surface area contributed by atoms with Gasteiger partial charge in [-0.3, -0.25) is 0 Å². The van der Waals surface area contributed by atoms with Crippen molar-refractivity contribution in [2.24, 2.45) is 11.7 Å². The second kappa shape index (κ2) is 3.75. The maximum absolute atomic E-state index is 9.92. The lowest BCUT2D eigenvalue weighted by atomic mass is 9.75. The predicted molar refractivity (Wildman–Crippen MR) is 61.3 cm³/mol. The molecule has 0 aliphatic carbocycles. The van der Waals surface area contributed by atoms with Crippen LogP contribution in [0.1, 0.15) is 24.3 Å². The number of phenols is 1. The molecule has 0 radical (unpaired) electrons. The molecule has 2 aliphatic rings. The van der Waals surface area contributed by atoms with Crippen molar-refractivity contribution in [2.45, 2.75) is 31.0 Å². The number of benzene rings is 1. The third-order valence-corrected chi connectivity index (χ3v) is 3.99. The van der Waals surface area contributed by atoms with Crippen LogP contribution in [0.2, 0.25) is 0 Å². The molecule has 16 heavy (non-hydrogen) atoms. The SMILES string of the molecule is NCC1C2CCC(O2)C1c1ccccc1O. The number of nitrogens with two attached hydrogens (primary N) is 1. The summed E-state index contributed by atoms with van der Waals surface area (Å²) in [6.07, 6.45) is 2.78. The fraction of sp³-hybridized carbons (Fsp3) is 0.538. The van der Waals surface area contributed by atoms with Crippen LogP contribution in [0.15, 0.2) is 24.3 Å². The fourth-order valence-electron chi connectivity index (χ4n) is 3.27. The summed E-state index contributed by atoms with van der Waals surface area (Å²) >= 11 is 0. The van der Waals surface area contributed by atoms with Gasteiger partial charge in [0.1, 0.15) is 5.75 Å². The summed E-state index contributed by atoms with van der Waals surface area (Å²) in [4.78, 5) is 0. The average molecular weight is 219 g/mol. The molecular weight excluding hydrogens is 202 g/mol. The van der Waals surface area contributed by atoms with Crippen LogP contribution in [-0.2, 0) is 4.74 Å². The number of fused-ring (bicyclic) bond motifs is 2. The van der Waals surface area contributed by atoms with Crippen molar-refractivity contribution >= 4 is 0 Å². The van der Waals surface area contributed by atoms with E-state index >= 15 is 0 Å². The second-order valence-electron chi connectivity index (χ2n) is 4.77. The van der Waals surface area contributed by atoms with E-state index in [1.807, 2.05) is 18.2 Å². The molecule has 2 saturated heterocycles. The van der Waals surface area contributed by atoms with Gasteiger partial charge < -0.3 is 15.6 Å². The Bertz CT molecular complexity index is 393. The van der Waals surface area contributed by atoms with E-state index in [0.717, 1.165) is 18.4 Å². The first-order valence-electron chi connectivity index (χ1n) is 5.94. The standard InChI is InChI=1S/C13H17NO2/c14-7-9-11-5-6-12(16-11)13(9)8-3-1-2-4-10(8)15/h1-4,9,11-13,15H,5-7,14H2. The topological polar surface area (TPSA) is 55.5 Å². The van der Waals surface area contributed by atoms with Crippen molar-refractivity contribution in [1.82, 2.24) is 0 Å². The molecule has 2 heterocycles. The lowest BCUT2D eigenvalue weighted by Gasteiger charge is -2.27. The first-order valence-corrected chi connectivity index (χ1v) is 5.94. The van der Waals surface area contributed by atoms with E-state index in [-0.39, 0.29) is 12.0 Å². The van der Waals surface area contributed by atoms with E-state index in [1.165, 1.54) is 0 Å². The van der Waals surface area contributed by atoms with Crippen LogP contribution >= 0.6 is 0 Å². The Morgan fingerprint density at radius 3 is 2.75 bits per heavy atom. The Kier molecular flexibility index (Phi) is 2.37. The van der Waals surface area contributed by atoms with Gasteiger partial charge in [0.15, 0.2) is 0 Å². The van der Waals surface area contributed by atoms with E-state index in [0.29, 0.717) is 24.3 Å². The zero-order valence-corrected chi connectivity index (χ0v) is 9.17. The van der Waals surface area contributed by atoms with E-state index < -0.39 is 0 Å². The van der Waals surface area contributed by atoms with Gasteiger partial charge in [-0.2, -0.15) is 0 Å². The lowest BCUT2D eigenvalue weighted by Crippen LogP contribution is -2.31. The lowest BCUT2D eigenvalue weighted by molar-refractivity contribution is 0.0917. The number of aromatic hydroxyl groups is 1. The zero-order chi connectivity index (χ0) is 11.1. The fourth-order valence-corrected chi connectivity index (χ4v) is 3.27. The molecule has 3 nitrogen and oxygen atoms in total. The average Bonchev–Trinajstić information content (AvgIpc) is 2.89. The first kappa shape index (κ1) is 10.1. The molecule has 0 spiro atoms. The molecule has 3 heteroatoms. The van der Waals surface area contributed by atoms with E-state index in [4.69, 9.17) is 10.5 Å². The van der Waals surface area contributed by atoms with Gasteiger partial charge in [0.25, 0.3) is 0 Å². The highest BCUT2D eigenvalue weighted by molar-refractivity contribution is 5.37. The summed E-state index contributed by atoms with van der Waals surface area (Å²) in [7, 11) is 0. The van der Waals surface area contributed by atoms with Crippen LogP contribution < -0.4 is 5.73 Å². The molecule has 2 fully saturated rings. The molecular formula is C13H17NO2. The molecule has 3 N–H and O–H groups in total. The maximum atomic E-state index is 9.92. The van der Waals surface area contributed by atoms with Crippen molar-refractivity contribution in [3.05, 3.63) is 29.8 Å². The first-order chi connectivity index (χ1) is 7.81. The number of para-hydroxylation sites is 1. The van der Waals surface area contributed by atoms with Gasteiger partial charge in [0, 0.05) is 11.8 Å². The quantitative estimate of drug-likeness (QED) is 0.794. The van der Waals surface area contributed by atoms with Crippen molar-refractivity contribution in [3.63, 3.8) is 0 Å². The Morgan fingerprint density at radius 1 is 1.25 bits per heavy atom. The Labute approximate surface area is 95.2 Å². The van der Waals surface area contributed by atoms with E-state index in [2.05, 4.69) is 0 Å². The van der Waals surface area contributed by atoms with Gasteiger partial charge in [-0.1, -0.05) is 18.2 Å². The van der Waals surface area contributed by atoms with Crippen molar-refractivity contribution in [3.8, 4) is 5.75 Å². The number of ether oxygens (including phenoxy) is 1. The minimum atomic E-state index is 0.256. The predicted octanol–water partition coefficient (Wildman–Crippen LogP) is 1.61. The second-order valence-corrected chi connectivity index (χ2v) is 4.77. The largest absolute Gasteiger partial charge is 0.508 e. The van der Waals surface area contributed by atoms with Crippen molar-refractivity contribution in [1.29, 1.82) is 0 Å². The van der Waals surface area contributed by atoms with Crippen LogP contribution in [0.4, 0.5) is 0 Å². The van der Waals surface area contributed by atoms with Crippen LogP contribution in [-0.4, -0.2) is 23.9 Å². The molecule has 0 amide bonds. The highest BCUT2D eigenvalue weighted by Gasteiger charge is 2.49.